The largest absolute Gasteiger partial charge is 0.326 e. The lowest BCUT2D eigenvalue weighted by Crippen LogP contribution is -2.42. The van der Waals surface area contributed by atoms with Crippen LogP contribution in [0.25, 0.3) is 0 Å². The van der Waals surface area contributed by atoms with Crippen molar-refractivity contribution in [3.63, 3.8) is 0 Å². The summed E-state index contributed by atoms with van der Waals surface area (Å²) >= 11 is 1.53. The summed E-state index contributed by atoms with van der Waals surface area (Å²) in [5.41, 5.74) is 2.75. The fraction of sp³-hybridized carbons (Fsp3) is 0.321. The molecule has 1 saturated heterocycles. The summed E-state index contributed by atoms with van der Waals surface area (Å²) in [6.45, 7) is 6.17. The highest BCUT2D eigenvalue weighted by atomic mass is 32.1. The Bertz CT molecular complexity index is 1230. The quantitative estimate of drug-likeness (QED) is 0.415. The average Bonchev–Trinajstić information content (AvgIpc) is 3.30. The number of anilines is 2. The molecule has 0 saturated carbocycles. The van der Waals surface area contributed by atoms with E-state index < -0.39 is 0 Å². The van der Waals surface area contributed by atoms with Crippen molar-refractivity contribution < 1.29 is 18.8 Å². The Morgan fingerprint density at radius 2 is 1.78 bits per heavy atom. The van der Waals surface area contributed by atoms with Crippen molar-refractivity contribution in [2.45, 2.75) is 26.7 Å². The minimum Gasteiger partial charge on any atom is -0.326 e. The van der Waals surface area contributed by atoms with Crippen molar-refractivity contribution >= 4 is 39.6 Å². The number of Topliss-reactive ketones (excluding diaryl/α,β-unsaturated/α-hetero) is 1. The maximum absolute atomic E-state index is 13.5. The molecule has 188 valence electrons. The Balaban J connectivity index is 1.40. The number of nitrogens with zero attached hydrogens (tertiary/aromatic N) is 2. The second kappa shape index (κ2) is 11.6. The molecule has 4 rings (SSSR count). The van der Waals surface area contributed by atoms with Crippen LogP contribution in [0, 0.1) is 18.7 Å². The van der Waals surface area contributed by atoms with E-state index in [1.807, 2.05) is 18.4 Å². The number of aryl methyl sites for hydroxylation is 1. The summed E-state index contributed by atoms with van der Waals surface area (Å²) in [5.74, 6) is -0.652. The first-order valence-electron chi connectivity index (χ1n) is 12.1. The molecule has 2 amide bonds. The highest BCUT2D eigenvalue weighted by Gasteiger charge is 2.27. The third kappa shape index (κ3) is 6.44. The van der Waals surface area contributed by atoms with Gasteiger partial charge in [-0.1, -0.05) is 6.07 Å². The van der Waals surface area contributed by atoms with Gasteiger partial charge in [0.25, 0.3) is 5.91 Å². The van der Waals surface area contributed by atoms with E-state index >= 15 is 0 Å². The summed E-state index contributed by atoms with van der Waals surface area (Å²) in [7, 11) is 0. The van der Waals surface area contributed by atoms with E-state index in [1.165, 1.54) is 30.4 Å². The van der Waals surface area contributed by atoms with Crippen LogP contribution < -0.4 is 10.2 Å². The third-order valence-electron chi connectivity index (χ3n) is 6.38. The summed E-state index contributed by atoms with van der Waals surface area (Å²) in [5, 5.41) is 5.64. The summed E-state index contributed by atoms with van der Waals surface area (Å²) in [6, 6.07) is 14.7. The molecule has 0 bridgehead atoms. The number of thiophene rings is 1. The maximum atomic E-state index is 13.5. The van der Waals surface area contributed by atoms with E-state index in [2.05, 4.69) is 10.2 Å². The van der Waals surface area contributed by atoms with E-state index in [4.69, 9.17) is 0 Å². The SMILES string of the molecule is CC(=O)Nc1cccc(C(=O)N(CCN2CCC(C(=O)c3ccc(F)cc3)CC2)c2cc(C)cs2)c1. The first-order valence-corrected chi connectivity index (χ1v) is 12.9. The monoisotopic (exact) mass is 507 g/mol. The summed E-state index contributed by atoms with van der Waals surface area (Å²) in [6.07, 6.45) is 1.47. The van der Waals surface area contributed by atoms with Crippen molar-refractivity contribution in [2.24, 2.45) is 5.92 Å². The average molecular weight is 508 g/mol. The molecule has 36 heavy (non-hydrogen) atoms. The van der Waals surface area contributed by atoms with Crippen LogP contribution in [0.5, 0.6) is 0 Å². The zero-order valence-electron chi connectivity index (χ0n) is 20.5. The first-order chi connectivity index (χ1) is 17.3. The minimum atomic E-state index is -0.344. The van der Waals surface area contributed by atoms with Crippen molar-refractivity contribution in [2.75, 3.05) is 36.4 Å². The summed E-state index contributed by atoms with van der Waals surface area (Å²) < 4.78 is 13.2. The van der Waals surface area contributed by atoms with Gasteiger partial charge in [0.05, 0.1) is 5.00 Å². The van der Waals surface area contributed by atoms with E-state index in [0.717, 1.165) is 36.5 Å². The number of nitrogens with one attached hydrogen (secondary N) is 1. The number of hydrogen-bond donors (Lipinski definition) is 1. The Kier molecular flexibility index (Phi) is 8.28. The molecule has 1 aliphatic rings. The first kappa shape index (κ1) is 25.7. The number of benzene rings is 2. The molecule has 0 spiro atoms. The molecule has 1 aromatic heterocycles. The van der Waals surface area contributed by atoms with Gasteiger partial charge >= 0.3 is 0 Å². The molecule has 8 heteroatoms. The molecule has 0 radical (unpaired) electrons. The number of hydrogen-bond acceptors (Lipinski definition) is 5. The van der Waals surface area contributed by atoms with Gasteiger partial charge in [-0.3, -0.25) is 19.3 Å². The summed E-state index contributed by atoms with van der Waals surface area (Å²) in [4.78, 5) is 41.8. The van der Waals surface area contributed by atoms with Gasteiger partial charge in [-0.15, -0.1) is 11.3 Å². The molecular weight excluding hydrogens is 477 g/mol. The van der Waals surface area contributed by atoms with Gasteiger partial charge in [0.15, 0.2) is 5.78 Å². The van der Waals surface area contributed by atoms with Crippen molar-refractivity contribution in [3.8, 4) is 0 Å². The number of carbonyl (C=O) groups is 3. The van der Waals surface area contributed by atoms with Crippen LogP contribution in [-0.4, -0.2) is 48.7 Å². The number of amides is 2. The smallest absolute Gasteiger partial charge is 0.259 e. The molecule has 6 nitrogen and oxygen atoms in total. The Labute approximate surface area is 214 Å². The van der Waals surface area contributed by atoms with Gasteiger partial charge in [0.1, 0.15) is 5.82 Å². The number of ketones is 1. The molecule has 2 aromatic carbocycles. The van der Waals surface area contributed by atoms with Gasteiger partial charge in [-0.2, -0.15) is 0 Å². The van der Waals surface area contributed by atoms with E-state index in [-0.39, 0.29) is 29.3 Å². The fourth-order valence-electron chi connectivity index (χ4n) is 4.47. The minimum absolute atomic E-state index is 0.0686. The molecule has 0 atom stereocenters. The third-order valence-corrected chi connectivity index (χ3v) is 7.45. The van der Waals surface area contributed by atoms with Crippen LogP contribution >= 0.6 is 11.3 Å². The molecule has 1 aliphatic heterocycles. The Morgan fingerprint density at radius 1 is 1.06 bits per heavy atom. The number of carbonyl (C=O) groups excluding carboxylic acids is 3. The molecular formula is C28H30FN3O3S. The van der Waals surface area contributed by atoms with Crippen LogP contribution in [0.15, 0.2) is 60.0 Å². The molecule has 0 unspecified atom stereocenters. The van der Waals surface area contributed by atoms with Gasteiger partial charge in [-0.05, 0) is 92.3 Å². The van der Waals surface area contributed by atoms with E-state index in [1.54, 1.807) is 41.3 Å². The highest BCUT2D eigenvalue weighted by Crippen LogP contribution is 2.27. The number of piperidine rings is 1. The van der Waals surface area contributed by atoms with Gasteiger partial charge in [0, 0.05) is 42.7 Å². The van der Waals surface area contributed by atoms with E-state index in [9.17, 15) is 18.8 Å². The molecule has 2 heterocycles. The predicted molar refractivity (Wildman–Crippen MR) is 141 cm³/mol. The van der Waals surface area contributed by atoms with E-state index in [0.29, 0.717) is 29.9 Å². The lowest BCUT2D eigenvalue weighted by molar-refractivity contribution is -0.114. The van der Waals surface area contributed by atoms with Crippen LogP contribution in [0.3, 0.4) is 0 Å². The Hall–Kier alpha value is -3.36. The van der Waals surface area contributed by atoms with Crippen LogP contribution in [0.4, 0.5) is 15.1 Å². The van der Waals surface area contributed by atoms with Crippen molar-refractivity contribution in [1.29, 1.82) is 0 Å². The topological polar surface area (TPSA) is 69.7 Å². The van der Waals surface area contributed by atoms with Crippen molar-refractivity contribution in [3.05, 3.63) is 82.5 Å². The zero-order valence-corrected chi connectivity index (χ0v) is 21.3. The Morgan fingerprint density at radius 3 is 2.42 bits per heavy atom. The number of likely N-dealkylation sites (tertiary alicyclic amines) is 1. The molecule has 1 fully saturated rings. The number of halogens is 1. The lowest BCUT2D eigenvalue weighted by Gasteiger charge is -2.33. The standard InChI is InChI=1S/C28H30FN3O3S/c1-19-16-26(36-18-19)32(28(35)23-4-3-5-25(17-23)30-20(2)33)15-14-31-12-10-22(11-13-31)27(34)21-6-8-24(29)9-7-21/h3-9,16-18,22H,10-15H2,1-2H3,(H,30,33). The van der Waals surface area contributed by atoms with Crippen LogP contribution in [0.2, 0.25) is 0 Å². The van der Waals surface area contributed by atoms with Gasteiger partial charge in [-0.25, -0.2) is 4.39 Å². The maximum Gasteiger partial charge on any atom is 0.259 e. The molecule has 0 aliphatic carbocycles. The van der Waals surface area contributed by atoms with Gasteiger partial charge in [0.2, 0.25) is 5.91 Å². The molecule has 1 N–H and O–H groups in total. The highest BCUT2D eigenvalue weighted by molar-refractivity contribution is 7.14. The number of rotatable bonds is 8. The predicted octanol–water partition coefficient (Wildman–Crippen LogP) is 5.40. The zero-order chi connectivity index (χ0) is 25.7. The van der Waals surface area contributed by atoms with Crippen molar-refractivity contribution in [1.82, 2.24) is 4.90 Å². The lowest BCUT2D eigenvalue weighted by atomic mass is 9.89. The normalized spacial score (nSPS) is 14.4. The van der Waals surface area contributed by atoms with Crippen LogP contribution in [-0.2, 0) is 4.79 Å². The second-order valence-corrected chi connectivity index (χ2v) is 10.1. The van der Waals surface area contributed by atoms with Gasteiger partial charge < -0.3 is 10.2 Å². The van der Waals surface area contributed by atoms with Crippen LogP contribution in [0.1, 0.15) is 46.0 Å². The fourth-order valence-corrected chi connectivity index (χ4v) is 5.40. The molecule has 3 aromatic rings. The second-order valence-electron chi connectivity index (χ2n) is 9.17.